The zero-order chi connectivity index (χ0) is 15.4. The molecule has 6 heteroatoms. The van der Waals surface area contributed by atoms with Gasteiger partial charge in [-0.2, -0.15) is 0 Å². The van der Waals surface area contributed by atoms with Crippen molar-refractivity contribution in [3.05, 3.63) is 35.7 Å². The molecule has 1 heterocycles. The second kappa shape index (κ2) is 6.58. The zero-order valence-corrected chi connectivity index (χ0v) is 13.0. The lowest BCUT2D eigenvalue weighted by atomic mass is 10.2. The molecule has 2 aromatic rings. The van der Waals surface area contributed by atoms with Gasteiger partial charge in [-0.15, -0.1) is 0 Å². The van der Waals surface area contributed by atoms with Crippen LogP contribution in [0.25, 0.3) is 11.0 Å². The Morgan fingerprint density at radius 1 is 1.33 bits per heavy atom. The van der Waals surface area contributed by atoms with Crippen molar-refractivity contribution in [2.45, 2.75) is 26.8 Å². The summed E-state index contributed by atoms with van der Waals surface area (Å²) in [5.74, 6) is -0.341. The first kappa shape index (κ1) is 15.3. The van der Waals surface area contributed by atoms with Gasteiger partial charge >= 0.3 is 5.97 Å². The molecule has 0 fully saturated rings. The second-order valence-corrected chi connectivity index (χ2v) is 5.00. The van der Waals surface area contributed by atoms with Gasteiger partial charge in [-0.05, 0) is 32.9 Å². The zero-order valence-electron chi connectivity index (χ0n) is 12.2. The Morgan fingerprint density at radius 2 is 1.95 bits per heavy atom. The summed E-state index contributed by atoms with van der Waals surface area (Å²) in [5, 5.41) is 2.94. The van der Waals surface area contributed by atoms with Crippen molar-refractivity contribution >= 4 is 34.2 Å². The maximum atomic E-state index is 11.6. The topological polar surface area (TPSA) is 64.1 Å². The summed E-state index contributed by atoms with van der Waals surface area (Å²) in [6.07, 6.45) is 0. The lowest BCUT2D eigenvalue weighted by Crippen LogP contribution is -2.39. The highest BCUT2D eigenvalue weighted by molar-refractivity contribution is 7.80. The maximum absolute atomic E-state index is 11.6. The van der Waals surface area contributed by atoms with E-state index in [0.29, 0.717) is 17.3 Å². The molecule has 0 radical (unpaired) electrons. The smallest absolute Gasteiger partial charge is 0.328 e. The van der Waals surface area contributed by atoms with Crippen molar-refractivity contribution < 1.29 is 9.53 Å². The van der Waals surface area contributed by atoms with Gasteiger partial charge in [0.15, 0.2) is 0 Å². The number of esters is 1. The molecule has 1 N–H and O–H groups in total. The van der Waals surface area contributed by atoms with E-state index in [4.69, 9.17) is 17.0 Å². The van der Waals surface area contributed by atoms with Crippen LogP contribution < -0.4 is 5.32 Å². The SMILES string of the molecule is CCOC(=O)[C@H](C)NC(=S)c1nc2ccccc2nc1C. The van der Waals surface area contributed by atoms with E-state index >= 15 is 0 Å². The van der Waals surface area contributed by atoms with Crippen LogP contribution in [-0.4, -0.2) is 33.6 Å². The monoisotopic (exact) mass is 303 g/mol. The molecule has 0 aliphatic rings. The van der Waals surface area contributed by atoms with E-state index in [2.05, 4.69) is 15.3 Å². The molecule has 0 amide bonds. The van der Waals surface area contributed by atoms with Crippen LogP contribution in [0.3, 0.4) is 0 Å². The summed E-state index contributed by atoms with van der Waals surface area (Å²) < 4.78 is 4.94. The molecule has 1 aromatic carbocycles. The van der Waals surface area contributed by atoms with Crippen molar-refractivity contribution in [1.29, 1.82) is 0 Å². The summed E-state index contributed by atoms with van der Waals surface area (Å²) in [7, 11) is 0. The molecule has 21 heavy (non-hydrogen) atoms. The Bertz CT molecular complexity index is 688. The number of benzene rings is 1. The molecule has 5 nitrogen and oxygen atoms in total. The van der Waals surface area contributed by atoms with Crippen LogP contribution in [0.2, 0.25) is 0 Å². The van der Waals surface area contributed by atoms with Crippen LogP contribution in [0.15, 0.2) is 24.3 Å². The van der Waals surface area contributed by atoms with Crippen LogP contribution >= 0.6 is 12.2 Å². The number of rotatable bonds is 4. The number of carbonyl (C=O) groups excluding carboxylic acids is 1. The number of thiocarbonyl (C=S) groups is 1. The van der Waals surface area contributed by atoms with E-state index in [1.807, 2.05) is 31.2 Å². The summed E-state index contributed by atoms with van der Waals surface area (Å²) in [6, 6.07) is 7.06. The minimum atomic E-state index is -0.523. The number of hydrogen-bond donors (Lipinski definition) is 1. The number of aryl methyl sites for hydroxylation is 1. The lowest BCUT2D eigenvalue weighted by molar-refractivity contribution is -0.144. The van der Waals surface area contributed by atoms with E-state index in [1.54, 1.807) is 13.8 Å². The van der Waals surface area contributed by atoms with Gasteiger partial charge in [0, 0.05) is 0 Å². The largest absolute Gasteiger partial charge is 0.464 e. The first-order valence-corrected chi connectivity index (χ1v) is 7.14. The van der Waals surface area contributed by atoms with Crippen molar-refractivity contribution in [3.8, 4) is 0 Å². The van der Waals surface area contributed by atoms with Crippen LogP contribution in [0.5, 0.6) is 0 Å². The van der Waals surface area contributed by atoms with Gasteiger partial charge < -0.3 is 10.1 Å². The van der Waals surface area contributed by atoms with Crippen molar-refractivity contribution in [2.75, 3.05) is 6.61 Å². The number of nitrogens with one attached hydrogen (secondary N) is 1. The molecule has 2 rings (SSSR count). The normalized spacial score (nSPS) is 12.0. The van der Waals surface area contributed by atoms with E-state index < -0.39 is 6.04 Å². The van der Waals surface area contributed by atoms with Crippen molar-refractivity contribution in [3.63, 3.8) is 0 Å². The maximum Gasteiger partial charge on any atom is 0.328 e. The van der Waals surface area contributed by atoms with Gasteiger partial charge in [0.2, 0.25) is 0 Å². The first-order valence-electron chi connectivity index (χ1n) is 6.73. The van der Waals surface area contributed by atoms with Gasteiger partial charge in [-0.25, -0.2) is 14.8 Å². The third-order valence-electron chi connectivity index (χ3n) is 2.95. The van der Waals surface area contributed by atoms with Crippen molar-refractivity contribution in [2.24, 2.45) is 0 Å². The third kappa shape index (κ3) is 3.52. The summed E-state index contributed by atoms with van der Waals surface area (Å²) in [5.41, 5.74) is 2.90. The van der Waals surface area contributed by atoms with Crippen LogP contribution in [0.4, 0.5) is 0 Å². The lowest BCUT2D eigenvalue weighted by Gasteiger charge is -2.15. The minimum Gasteiger partial charge on any atom is -0.464 e. The fraction of sp³-hybridized carbons (Fsp3) is 0.333. The first-order chi connectivity index (χ1) is 10.0. The minimum absolute atomic E-state index is 0.340. The molecular weight excluding hydrogens is 286 g/mol. The Labute approximate surface area is 128 Å². The number of para-hydroxylation sites is 2. The number of ether oxygens (including phenoxy) is 1. The molecule has 110 valence electrons. The van der Waals surface area contributed by atoms with Gasteiger partial charge in [0.05, 0.1) is 23.3 Å². The van der Waals surface area contributed by atoms with Gasteiger partial charge in [0.25, 0.3) is 0 Å². The van der Waals surface area contributed by atoms with Crippen LogP contribution in [0.1, 0.15) is 25.2 Å². The van der Waals surface area contributed by atoms with Gasteiger partial charge in [-0.1, -0.05) is 24.4 Å². The molecule has 0 aliphatic carbocycles. The average Bonchev–Trinajstić information content (AvgIpc) is 2.46. The summed E-state index contributed by atoms with van der Waals surface area (Å²) >= 11 is 5.33. The van der Waals surface area contributed by atoms with E-state index in [0.717, 1.165) is 16.7 Å². The van der Waals surface area contributed by atoms with Crippen LogP contribution in [-0.2, 0) is 9.53 Å². The quantitative estimate of drug-likeness (QED) is 0.690. The molecule has 1 aromatic heterocycles. The Morgan fingerprint density at radius 3 is 2.57 bits per heavy atom. The number of nitrogens with zero attached hydrogens (tertiary/aromatic N) is 2. The summed E-state index contributed by atoms with van der Waals surface area (Å²) in [4.78, 5) is 21.0. The third-order valence-corrected chi connectivity index (χ3v) is 3.26. The highest BCUT2D eigenvalue weighted by Crippen LogP contribution is 2.12. The second-order valence-electron chi connectivity index (χ2n) is 4.59. The van der Waals surface area contributed by atoms with Crippen molar-refractivity contribution in [1.82, 2.24) is 15.3 Å². The van der Waals surface area contributed by atoms with E-state index in [-0.39, 0.29) is 5.97 Å². The molecule has 0 aliphatic heterocycles. The predicted molar refractivity (Wildman–Crippen MR) is 85.2 cm³/mol. The highest BCUT2D eigenvalue weighted by Gasteiger charge is 2.18. The molecule has 0 unspecified atom stereocenters. The molecule has 0 saturated heterocycles. The molecule has 0 spiro atoms. The Hall–Kier alpha value is -2.08. The Kier molecular flexibility index (Phi) is 4.80. The fourth-order valence-corrected chi connectivity index (χ4v) is 2.26. The molecule has 0 bridgehead atoms. The average molecular weight is 303 g/mol. The van der Waals surface area contributed by atoms with E-state index in [9.17, 15) is 4.79 Å². The van der Waals surface area contributed by atoms with Gasteiger partial charge in [0.1, 0.15) is 16.7 Å². The molecule has 1 atom stereocenters. The Balaban J connectivity index is 2.23. The summed E-state index contributed by atoms with van der Waals surface area (Å²) in [6.45, 7) is 5.65. The highest BCUT2D eigenvalue weighted by atomic mass is 32.1. The molecular formula is C15H17N3O2S. The predicted octanol–water partition coefficient (Wildman–Crippen LogP) is 2.15. The number of fused-ring (bicyclic) bond motifs is 1. The standard InChI is InChI=1S/C15H17N3O2S/c1-4-20-15(19)10(3)17-14(21)13-9(2)16-11-7-5-6-8-12(11)18-13/h5-8,10H,4H2,1-3H3,(H,17,21)/t10-/m0/s1. The van der Waals surface area contributed by atoms with Gasteiger partial charge in [-0.3, -0.25) is 0 Å². The fourth-order valence-electron chi connectivity index (χ4n) is 1.89. The number of aromatic nitrogens is 2. The van der Waals surface area contributed by atoms with E-state index in [1.165, 1.54) is 0 Å². The number of carbonyl (C=O) groups is 1. The number of hydrogen-bond acceptors (Lipinski definition) is 5. The van der Waals surface area contributed by atoms with Crippen LogP contribution in [0, 0.1) is 6.92 Å². The molecule has 0 saturated carbocycles.